The van der Waals surface area contributed by atoms with Crippen molar-refractivity contribution in [1.29, 1.82) is 0 Å². The van der Waals surface area contributed by atoms with Gasteiger partial charge in [-0.15, -0.1) is 0 Å². The number of aliphatic hydroxyl groups is 1. The third-order valence-electron chi connectivity index (χ3n) is 4.48. The second kappa shape index (κ2) is 7.31. The number of carbonyl (C=O) groups excluding carboxylic acids is 2. The van der Waals surface area contributed by atoms with Crippen molar-refractivity contribution in [2.24, 2.45) is 11.8 Å². The standard InChI is InChI=1S/C20H26O4/c1-13-7-8-16-17(6-5-9-20(3,4)23)19(22)24-12-18(16)14(2)11-15(21)10-13/h5-6,9-10,16,18,23H,2,7-8,11-12H2,1,3-4H3/b9-5+,13-10-,17-6-/t16-,18+/m1/s1. The van der Waals surface area contributed by atoms with Crippen LogP contribution in [0.3, 0.4) is 0 Å². The summed E-state index contributed by atoms with van der Waals surface area (Å²) >= 11 is 0. The zero-order valence-corrected chi connectivity index (χ0v) is 14.7. The van der Waals surface area contributed by atoms with E-state index in [0.717, 1.165) is 24.0 Å². The van der Waals surface area contributed by atoms with Gasteiger partial charge in [0, 0.05) is 23.8 Å². The van der Waals surface area contributed by atoms with Gasteiger partial charge in [0.05, 0.1) is 12.2 Å². The first-order valence-corrected chi connectivity index (χ1v) is 8.34. The van der Waals surface area contributed by atoms with Gasteiger partial charge in [0.25, 0.3) is 0 Å². The Bertz CT molecular complexity index is 629. The first-order valence-electron chi connectivity index (χ1n) is 8.34. The second-order valence-electron chi connectivity index (χ2n) is 7.28. The van der Waals surface area contributed by atoms with Crippen molar-refractivity contribution in [3.05, 3.63) is 47.6 Å². The molecule has 4 heteroatoms. The highest BCUT2D eigenvalue weighted by Crippen LogP contribution is 2.38. The Balaban J connectivity index is 2.33. The minimum Gasteiger partial charge on any atom is -0.462 e. The van der Waals surface area contributed by atoms with Crippen LogP contribution in [0.2, 0.25) is 0 Å². The molecule has 0 aromatic carbocycles. The molecule has 2 rings (SSSR count). The fraction of sp³-hybridized carbons (Fsp3) is 0.500. The lowest BCUT2D eigenvalue weighted by atomic mass is 9.76. The summed E-state index contributed by atoms with van der Waals surface area (Å²) in [6.07, 6.45) is 8.57. The van der Waals surface area contributed by atoms with E-state index in [1.165, 1.54) is 0 Å². The Kier molecular flexibility index (Phi) is 5.60. The lowest BCUT2D eigenvalue weighted by Gasteiger charge is -2.33. The topological polar surface area (TPSA) is 63.6 Å². The van der Waals surface area contributed by atoms with E-state index >= 15 is 0 Å². The third-order valence-corrected chi connectivity index (χ3v) is 4.48. The number of hydrogen-bond donors (Lipinski definition) is 1. The highest BCUT2D eigenvalue weighted by atomic mass is 16.5. The van der Waals surface area contributed by atoms with Crippen molar-refractivity contribution in [1.82, 2.24) is 0 Å². The van der Waals surface area contributed by atoms with Crippen molar-refractivity contribution in [2.75, 3.05) is 6.61 Å². The van der Waals surface area contributed by atoms with Crippen molar-refractivity contribution in [2.45, 2.75) is 45.6 Å². The molecule has 1 saturated heterocycles. The SMILES string of the molecule is C=C1CC(=O)/C=C(/C)CC[C@@H]2/C(=C/C=C/C(C)(C)O)C(=O)OC[C@@H]12. The summed E-state index contributed by atoms with van der Waals surface area (Å²) in [5.41, 5.74) is 1.50. The molecule has 0 saturated carbocycles. The molecule has 1 fully saturated rings. The number of carbonyl (C=O) groups is 2. The number of esters is 1. The lowest BCUT2D eigenvalue weighted by molar-refractivity contribution is -0.144. The van der Waals surface area contributed by atoms with Gasteiger partial charge in [0.2, 0.25) is 0 Å². The van der Waals surface area contributed by atoms with E-state index in [9.17, 15) is 14.7 Å². The maximum atomic E-state index is 12.2. The number of ether oxygens (including phenoxy) is 1. The summed E-state index contributed by atoms with van der Waals surface area (Å²) in [5.74, 6) is -0.314. The molecule has 1 N–H and O–H groups in total. The Morgan fingerprint density at radius 3 is 2.71 bits per heavy atom. The highest BCUT2D eigenvalue weighted by molar-refractivity contribution is 5.93. The molecule has 2 aliphatic rings. The predicted octanol–water partition coefficient (Wildman–Crippen LogP) is 3.28. The molecular formula is C20H26O4. The van der Waals surface area contributed by atoms with Gasteiger partial charge in [-0.05, 0) is 39.7 Å². The molecule has 24 heavy (non-hydrogen) atoms. The number of ketones is 1. The van der Waals surface area contributed by atoms with E-state index < -0.39 is 5.60 Å². The zero-order valence-electron chi connectivity index (χ0n) is 14.7. The van der Waals surface area contributed by atoms with Crippen LogP contribution in [0.1, 0.15) is 40.0 Å². The molecule has 1 heterocycles. The highest BCUT2D eigenvalue weighted by Gasteiger charge is 2.37. The van der Waals surface area contributed by atoms with Crippen LogP contribution in [0.5, 0.6) is 0 Å². The zero-order chi connectivity index (χ0) is 17.9. The molecule has 0 radical (unpaired) electrons. The maximum Gasteiger partial charge on any atom is 0.334 e. The number of allylic oxidation sites excluding steroid dienone is 4. The normalized spacial score (nSPS) is 30.2. The number of cyclic esters (lactones) is 1. The summed E-state index contributed by atoms with van der Waals surface area (Å²) in [4.78, 5) is 24.3. The van der Waals surface area contributed by atoms with Crippen molar-refractivity contribution in [3.63, 3.8) is 0 Å². The monoisotopic (exact) mass is 330 g/mol. The van der Waals surface area contributed by atoms with Gasteiger partial charge in [-0.25, -0.2) is 4.79 Å². The fourth-order valence-electron chi connectivity index (χ4n) is 3.21. The van der Waals surface area contributed by atoms with E-state index in [-0.39, 0.29) is 30.2 Å². The van der Waals surface area contributed by atoms with Gasteiger partial charge in [0.1, 0.15) is 0 Å². The molecular weight excluding hydrogens is 304 g/mol. The Morgan fingerprint density at radius 2 is 2.04 bits per heavy atom. The largest absolute Gasteiger partial charge is 0.462 e. The average Bonchev–Trinajstić information content (AvgIpc) is 2.49. The van der Waals surface area contributed by atoms with Crippen molar-refractivity contribution >= 4 is 11.8 Å². The smallest absolute Gasteiger partial charge is 0.334 e. The van der Waals surface area contributed by atoms with Crippen LogP contribution < -0.4 is 0 Å². The molecule has 0 spiro atoms. The number of hydrogen-bond acceptors (Lipinski definition) is 4. The maximum absolute atomic E-state index is 12.2. The van der Waals surface area contributed by atoms with Crippen LogP contribution in [-0.2, 0) is 14.3 Å². The fourth-order valence-corrected chi connectivity index (χ4v) is 3.21. The molecule has 1 aliphatic heterocycles. The van der Waals surface area contributed by atoms with Crippen LogP contribution in [0.15, 0.2) is 47.6 Å². The molecule has 0 aromatic heterocycles. The van der Waals surface area contributed by atoms with Crippen LogP contribution in [-0.4, -0.2) is 29.1 Å². The van der Waals surface area contributed by atoms with E-state index in [2.05, 4.69) is 6.58 Å². The van der Waals surface area contributed by atoms with Crippen LogP contribution in [0, 0.1) is 11.8 Å². The average molecular weight is 330 g/mol. The number of fused-ring (bicyclic) bond motifs is 1. The van der Waals surface area contributed by atoms with Gasteiger partial charge in [-0.2, -0.15) is 0 Å². The Labute approximate surface area is 143 Å². The second-order valence-corrected chi connectivity index (χ2v) is 7.28. The minimum atomic E-state index is -0.942. The first kappa shape index (κ1) is 18.4. The van der Waals surface area contributed by atoms with Crippen molar-refractivity contribution < 1.29 is 19.4 Å². The van der Waals surface area contributed by atoms with Crippen LogP contribution in [0.25, 0.3) is 0 Å². The van der Waals surface area contributed by atoms with Crippen molar-refractivity contribution in [3.8, 4) is 0 Å². The van der Waals surface area contributed by atoms with E-state index in [4.69, 9.17) is 4.74 Å². The molecule has 0 amide bonds. The summed E-state index contributed by atoms with van der Waals surface area (Å²) in [6.45, 7) is 9.64. The Morgan fingerprint density at radius 1 is 1.33 bits per heavy atom. The molecule has 2 atom stereocenters. The summed E-state index contributed by atoms with van der Waals surface area (Å²) in [6, 6.07) is 0. The molecule has 0 bridgehead atoms. The molecule has 0 aromatic rings. The predicted molar refractivity (Wildman–Crippen MR) is 93.2 cm³/mol. The molecule has 130 valence electrons. The Hall–Kier alpha value is -1.94. The van der Waals surface area contributed by atoms with Gasteiger partial charge < -0.3 is 9.84 Å². The van der Waals surface area contributed by atoms with Gasteiger partial charge in [-0.3, -0.25) is 4.79 Å². The minimum absolute atomic E-state index is 0.0144. The van der Waals surface area contributed by atoms with E-state index in [1.807, 2.05) is 6.92 Å². The molecule has 0 unspecified atom stereocenters. The van der Waals surface area contributed by atoms with Crippen LogP contribution >= 0.6 is 0 Å². The summed E-state index contributed by atoms with van der Waals surface area (Å²) in [7, 11) is 0. The third kappa shape index (κ3) is 4.78. The van der Waals surface area contributed by atoms with Gasteiger partial charge in [-0.1, -0.05) is 36.0 Å². The van der Waals surface area contributed by atoms with E-state index in [0.29, 0.717) is 12.0 Å². The van der Waals surface area contributed by atoms with Crippen LogP contribution in [0.4, 0.5) is 0 Å². The van der Waals surface area contributed by atoms with Gasteiger partial charge >= 0.3 is 5.97 Å². The molecule has 4 nitrogen and oxygen atoms in total. The number of rotatable bonds is 2. The van der Waals surface area contributed by atoms with Gasteiger partial charge in [0.15, 0.2) is 5.78 Å². The first-order chi connectivity index (χ1) is 11.2. The molecule has 1 aliphatic carbocycles. The summed E-state index contributed by atoms with van der Waals surface area (Å²) in [5, 5.41) is 9.78. The quantitative estimate of drug-likeness (QED) is 0.479. The summed E-state index contributed by atoms with van der Waals surface area (Å²) < 4.78 is 5.32. The lowest BCUT2D eigenvalue weighted by Crippen LogP contribution is -2.34. The van der Waals surface area contributed by atoms with E-state index in [1.54, 1.807) is 38.2 Å².